The van der Waals surface area contributed by atoms with Crippen molar-refractivity contribution in [1.29, 1.82) is 0 Å². The predicted molar refractivity (Wildman–Crippen MR) is 92.3 cm³/mol. The summed E-state index contributed by atoms with van der Waals surface area (Å²) in [6.07, 6.45) is 4.22. The van der Waals surface area contributed by atoms with Crippen LogP contribution in [0.15, 0.2) is 10.7 Å². The number of hydrogen-bond acceptors (Lipinski definition) is 2. The van der Waals surface area contributed by atoms with E-state index in [1.165, 1.54) is 5.69 Å². The Morgan fingerprint density at radius 1 is 1.24 bits per heavy atom. The molecule has 0 bridgehead atoms. The first-order chi connectivity index (χ1) is 9.79. The first kappa shape index (κ1) is 17.0. The van der Waals surface area contributed by atoms with Gasteiger partial charge in [-0.05, 0) is 52.1 Å². The molecule has 1 atom stereocenters. The maximum absolute atomic E-state index is 4.57. The second-order valence-corrected chi connectivity index (χ2v) is 8.31. The molecule has 3 nitrogen and oxygen atoms in total. The molecular weight excluding hydrogens is 326 g/mol. The highest BCUT2D eigenvalue weighted by Gasteiger charge is 2.67. The standard InChI is InChI=1S/C17H30BrN3/c1-7-9-19-13(15-16(3,4)17(15,5)6)14-12(18)11-20-21(14)10-8-2/h11,13,15,19H,7-10H2,1-6H3. The topological polar surface area (TPSA) is 29.9 Å². The third-order valence-corrected chi connectivity index (χ3v) is 6.25. The minimum Gasteiger partial charge on any atom is -0.308 e. The van der Waals surface area contributed by atoms with Gasteiger partial charge in [-0.15, -0.1) is 0 Å². The van der Waals surface area contributed by atoms with Crippen LogP contribution in [0.2, 0.25) is 0 Å². The molecule has 1 aromatic heterocycles. The van der Waals surface area contributed by atoms with Crippen molar-refractivity contribution in [3.05, 3.63) is 16.4 Å². The van der Waals surface area contributed by atoms with Crippen LogP contribution in [0.3, 0.4) is 0 Å². The lowest BCUT2D eigenvalue weighted by Gasteiger charge is -2.23. The molecule has 2 rings (SSSR count). The summed E-state index contributed by atoms with van der Waals surface area (Å²) in [5.41, 5.74) is 2.05. The van der Waals surface area contributed by atoms with Crippen molar-refractivity contribution >= 4 is 15.9 Å². The van der Waals surface area contributed by atoms with Crippen LogP contribution in [0, 0.1) is 16.7 Å². The number of aromatic nitrogens is 2. The van der Waals surface area contributed by atoms with Crippen LogP contribution in [0.25, 0.3) is 0 Å². The van der Waals surface area contributed by atoms with Gasteiger partial charge in [-0.1, -0.05) is 41.5 Å². The van der Waals surface area contributed by atoms with E-state index in [-0.39, 0.29) is 0 Å². The zero-order valence-corrected chi connectivity index (χ0v) is 15.9. The number of nitrogens with one attached hydrogen (secondary N) is 1. The fraction of sp³-hybridized carbons (Fsp3) is 0.824. The highest BCUT2D eigenvalue weighted by atomic mass is 79.9. The summed E-state index contributed by atoms with van der Waals surface area (Å²) >= 11 is 3.73. The summed E-state index contributed by atoms with van der Waals surface area (Å²) in [4.78, 5) is 0. The van der Waals surface area contributed by atoms with Crippen molar-refractivity contribution in [3.8, 4) is 0 Å². The number of halogens is 1. The summed E-state index contributed by atoms with van der Waals surface area (Å²) in [5.74, 6) is 0.639. The van der Waals surface area contributed by atoms with Crippen LogP contribution in [0.5, 0.6) is 0 Å². The molecule has 0 saturated heterocycles. The van der Waals surface area contributed by atoms with Gasteiger partial charge in [0.2, 0.25) is 0 Å². The highest BCUT2D eigenvalue weighted by molar-refractivity contribution is 9.10. The molecule has 120 valence electrons. The van der Waals surface area contributed by atoms with Crippen molar-refractivity contribution < 1.29 is 0 Å². The molecule has 0 amide bonds. The smallest absolute Gasteiger partial charge is 0.0698 e. The first-order valence-electron chi connectivity index (χ1n) is 8.23. The molecule has 1 saturated carbocycles. The van der Waals surface area contributed by atoms with Gasteiger partial charge in [0.05, 0.1) is 22.4 Å². The van der Waals surface area contributed by atoms with Gasteiger partial charge in [0.1, 0.15) is 0 Å². The minimum absolute atomic E-state index is 0.360. The van der Waals surface area contributed by atoms with Crippen molar-refractivity contribution in [1.82, 2.24) is 15.1 Å². The highest BCUT2D eigenvalue weighted by Crippen LogP contribution is 2.72. The van der Waals surface area contributed by atoms with E-state index in [4.69, 9.17) is 0 Å². The van der Waals surface area contributed by atoms with Gasteiger partial charge in [-0.3, -0.25) is 4.68 Å². The Kier molecular flexibility index (Phi) is 4.89. The van der Waals surface area contributed by atoms with Crippen LogP contribution >= 0.6 is 15.9 Å². The van der Waals surface area contributed by atoms with E-state index in [2.05, 4.69) is 72.6 Å². The van der Waals surface area contributed by atoms with Crippen LogP contribution < -0.4 is 5.32 Å². The molecule has 4 heteroatoms. The third kappa shape index (κ3) is 2.81. The minimum atomic E-state index is 0.360. The lowest BCUT2D eigenvalue weighted by atomic mass is 10.0. The lowest BCUT2D eigenvalue weighted by Crippen LogP contribution is -2.29. The summed E-state index contributed by atoms with van der Waals surface area (Å²) in [6, 6.07) is 0.373. The fourth-order valence-electron chi connectivity index (χ4n) is 3.82. The van der Waals surface area contributed by atoms with Gasteiger partial charge < -0.3 is 5.32 Å². The van der Waals surface area contributed by atoms with Gasteiger partial charge in [-0.2, -0.15) is 5.10 Å². The van der Waals surface area contributed by atoms with Gasteiger partial charge >= 0.3 is 0 Å². The fourth-order valence-corrected chi connectivity index (χ4v) is 4.37. The van der Waals surface area contributed by atoms with Crippen molar-refractivity contribution in [2.24, 2.45) is 16.7 Å². The Morgan fingerprint density at radius 2 is 1.86 bits per heavy atom. The third-order valence-electron chi connectivity index (χ3n) is 5.64. The van der Waals surface area contributed by atoms with Crippen LogP contribution in [-0.2, 0) is 6.54 Å². The molecule has 1 unspecified atom stereocenters. The number of rotatable bonds is 7. The first-order valence-corrected chi connectivity index (χ1v) is 9.02. The summed E-state index contributed by atoms with van der Waals surface area (Å²) < 4.78 is 3.32. The lowest BCUT2D eigenvalue weighted by molar-refractivity contribution is 0.379. The van der Waals surface area contributed by atoms with Gasteiger partial charge in [0, 0.05) is 6.54 Å². The van der Waals surface area contributed by atoms with Crippen molar-refractivity contribution in [2.45, 2.75) is 67.0 Å². The van der Waals surface area contributed by atoms with Gasteiger partial charge in [0.25, 0.3) is 0 Å². The van der Waals surface area contributed by atoms with E-state index in [0.29, 0.717) is 22.8 Å². The summed E-state index contributed by atoms with van der Waals surface area (Å²) in [5, 5.41) is 8.36. The molecule has 0 radical (unpaired) electrons. The van der Waals surface area contributed by atoms with E-state index in [1.54, 1.807) is 0 Å². The summed E-state index contributed by atoms with van der Waals surface area (Å²) in [6.45, 7) is 16.1. The van der Waals surface area contributed by atoms with Gasteiger partial charge in [0.15, 0.2) is 0 Å². The SMILES string of the molecule is CCCNC(c1c(Br)cnn1CCC)C1C(C)(C)C1(C)C. The molecular formula is C17H30BrN3. The molecule has 1 heterocycles. The number of hydrogen-bond donors (Lipinski definition) is 1. The molecule has 1 N–H and O–H groups in total. The van der Waals surface area contributed by atoms with E-state index in [1.807, 2.05) is 6.20 Å². The van der Waals surface area contributed by atoms with Crippen LogP contribution in [-0.4, -0.2) is 16.3 Å². The van der Waals surface area contributed by atoms with Crippen molar-refractivity contribution in [2.75, 3.05) is 6.54 Å². The molecule has 0 spiro atoms. The molecule has 1 fully saturated rings. The van der Waals surface area contributed by atoms with Crippen LogP contribution in [0.1, 0.15) is 66.1 Å². The Balaban J connectivity index is 2.36. The second-order valence-electron chi connectivity index (χ2n) is 7.45. The van der Waals surface area contributed by atoms with E-state index >= 15 is 0 Å². The maximum Gasteiger partial charge on any atom is 0.0698 e. The van der Waals surface area contributed by atoms with Crippen LogP contribution in [0.4, 0.5) is 0 Å². The van der Waals surface area contributed by atoms with E-state index in [0.717, 1.165) is 30.4 Å². The molecule has 1 aliphatic rings. The maximum atomic E-state index is 4.57. The zero-order chi connectivity index (χ0) is 15.8. The summed E-state index contributed by atoms with van der Waals surface area (Å²) in [7, 11) is 0. The molecule has 0 aromatic carbocycles. The Bertz CT molecular complexity index is 476. The molecule has 1 aliphatic carbocycles. The molecule has 0 aliphatic heterocycles. The average molecular weight is 356 g/mol. The number of aryl methyl sites for hydroxylation is 1. The Hall–Kier alpha value is -0.350. The van der Waals surface area contributed by atoms with Crippen molar-refractivity contribution in [3.63, 3.8) is 0 Å². The van der Waals surface area contributed by atoms with E-state index in [9.17, 15) is 0 Å². The monoisotopic (exact) mass is 355 g/mol. The largest absolute Gasteiger partial charge is 0.308 e. The predicted octanol–water partition coefficient (Wildman–Crippen LogP) is 4.78. The quantitative estimate of drug-likeness (QED) is 0.762. The average Bonchev–Trinajstić information content (AvgIpc) is 2.69. The Labute approximate surface area is 138 Å². The Morgan fingerprint density at radius 3 is 2.33 bits per heavy atom. The number of nitrogens with zero attached hydrogens (tertiary/aromatic N) is 2. The van der Waals surface area contributed by atoms with Gasteiger partial charge in [-0.25, -0.2) is 0 Å². The zero-order valence-electron chi connectivity index (χ0n) is 14.3. The van der Waals surface area contributed by atoms with E-state index < -0.39 is 0 Å². The normalized spacial score (nSPS) is 21.5. The second kappa shape index (κ2) is 6.04. The molecule has 21 heavy (non-hydrogen) atoms. The molecule has 1 aromatic rings.